The highest BCUT2D eigenvalue weighted by Crippen LogP contribution is 2.02. The summed E-state index contributed by atoms with van der Waals surface area (Å²) in [6.45, 7) is 2.95. The summed E-state index contributed by atoms with van der Waals surface area (Å²) in [4.78, 5) is 7.28. The van der Waals surface area contributed by atoms with Gasteiger partial charge in [0.2, 0.25) is 0 Å². The largest absolute Gasteiger partial charge is 0.337 e. The Kier molecular flexibility index (Phi) is 2.97. The van der Waals surface area contributed by atoms with E-state index < -0.39 is 0 Å². The van der Waals surface area contributed by atoms with E-state index in [1.807, 2.05) is 29.2 Å². The van der Waals surface area contributed by atoms with Crippen LogP contribution in [0.25, 0.3) is 0 Å². The van der Waals surface area contributed by atoms with E-state index in [0.717, 1.165) is 23.4 Å². The molecule has 0 fully saturated rings. The number of aromatic nitrogens is 3. The average molecular weight is 219 g/mol. The van der Waals surface area contributed by atoms with Crippen molar-refractivity contribution in [1.82, 2.24) is 14.5 Å². The number of aryl methyl sites for hydroxylation is 3. The molecular formula is C11H13N3S. The van der Waals surface area contributed by atoms with Crippen LogP contribution in [0.2, 0.25) is 0 Å². The van der Waals surface area contributed by atoms with Gasteiger partial charge in [0.1, 0.15) is 0 Å². The molecule has 4 heteroatoms. The Morgan fingerprint density at radius 1 is 1.53 bits per heavy atom. The Bertz CT molecular complexity index is 498. The maximum absolute atomic E-state index is 5.11. The monoisotopic (exact) mass is 219 g/mol. The summed E-state index contributed by atoms with van der Waals surface area (Å²) in [5.74, 6) is 0. The SMILES string of the molecule is Cc1ccnc(CCn2cc[nH]c2=S)c1. The van der Waals surface area contributed by atoms with E-state index >= 15 is 0 Å². The third kappa shape index (κ3) is 2.53. The predicted octanol–water partition coefficient (Wildman–Crippen LogP) is 2.49. The van der Waals surface area contributed by atoms with Gasteiger partial charge >= 0.3 is 0 Å². The number of pyridine rings is 1. The van der Waals surface area contributed by atoms with Crippen LogP contribution >= 0.6 is 12.2 Å². The molecule has 0 aliphatic heterocycles. The van der Waals surface area contributed by atoms with E-state index in [-0.39, 0.29) is 0 Å². The van der Waals surface area contributed by atoms with E-state index in [1.165, 1.54) is 5.56 Å². The van der Waals surface area contributed by atoms with E-state index in [9.17, 15) is 0 Å². The number of nitrogens with one attached hydrogen (secondary N) is 1. The number of nitrogens with zero attached hydrogens (tertiary/aromatic N) is 2. The van der Waals surface area contributed by atoms with Crippen LogP contribution in [0, 0.1) is 11.7 Å². The number of H-pyrrole nitrogens is 1. The first-order valence-electron chi connectivity index (χ1n) is 4.91. The Labute approximate surface area is 93.8 Å². The minimum atomic E-state index is 0.766. The van der Waals surface area contributed by atoms with E-state index in [1.54, 1.807) is 0 Å². The molecule has 0 atom stereocenters. The fourth-order valence-electron chi connectivity index (χ4n) is 1.50. The van der Waals surface area contributed by atoms with Gasteiger partial charge in [0, 0.05) is 37.3 Å². The van der Waals surface area contributed by atoms with E-state index in [2.05, 4.69) is 23.0 Å². The molecule has 0 radical (unpaired) electrons. The van der Waals surface area contributed by atoms with Crippen molar-refractivity contribution in [3.05, 3.63) is 46.8 Å². The molecule has 0 unspecified atom stereocenters. The van der Waals surface area contributed by atoms with Crippen molar-refractivity contribution in [1.29, 1.82) is 0 Å². The lowest BCUT2D eigenvalue weighted by molar-refractivity contribution is 0.676. The normalized spacial score (nSPS) is 10.5. The molecule has 2 aromatic heterocycles. The van der Waals surface area contributed by atoms with Crippen LogP contribution in [0.4, 0.5) is 0 Å². The van der Waals surface area contributed by atoms with Gasteiger partial charge in [-0.1, -0.05) is 0 Å². The standard InChI is InChI=1S/C11H13N3S/c1-9-2-4-12-10(8-9)3-6-14-7-5-13-11(14)15/h2,4-5,7-8H,3,6H2,1H3,(H,13,15). The second kappa shape index (κ2) is 4.40. The van der Waals surface area contributed by atoms with Gasteiger partial charge < -0.3 is 9.55 Å². The van der Waals surface area contributed by atoms with Gasteiger partial charge in [-0.2, -0.15) is 0 Å². The number of imidazole rings is 1. The van der Waals surface area contributed by atoms with Crippen LogP contribution in [0.1, 0.15) is 11.3 Å². The first-order chi connectivity index (χ1) is 7.25. The number of aromatic amines is 1. The molecule has 0 saturated heterocycles. The fourth-order valence-corrected chi connectivity index (χ4v) is 1.72. The Hall–Kier alpha value is -1.42. The van der Waals surface area contributed by atoms with Crippen molar-refractivity contribution < 1.29 is 0 Å². The first-order valence-corrected chi connectivity index (χ1v) is 5.32. The van der Waals surface area contributed by atoms with Gasteiger partial charge in [0.05, 0.1) is 0 Å². The van der Waals surface area contributed by atoms with Crippen LogP contribution in [-0.2, 0) is 13.0 Å². The number of rotatable bonds is 3. The summed E-state index contributed by atoms with van der Waals surface area (Å²) in [5.41, 5.74) is 2.36. The van der Waals surface area contributed by atoms with Gasteiger partial charge in [-0.25, -0.2) is 0 Å². The molecule has 0 saturated carbocycles. The smallest absolute Gasteiger partial charge is 0.177 e. The number of hydrogen-bond acceptors (Lipinski definition) is 2. The van der Waals surface area contributed by atoms with Crippen LogP contribution < -0.4 is 0 Å². The van der Waals surface area contributed by atoms with Crippen LogP contribution in [0.15, 0.2) is 30.7 Å². The van der Waals surface area contributed by atoms with E-state index in [4.69, 9.17) is 12.2 Å². The minimum Gasteiger partial charge on any atom is -0.337 e. The summed E-state index contributed by atoms with van der Waals surface area (Å²) in [6.07, 6.45) is 6.57. The molecule has 0 spiro atoms. The molecule has 0 bridgehead atoms. The van der Waals surface area contributed by atoms with Gasteiger partial charge in [-0.3, -0.25) is 4.98 Å². The highest BCUT2D eigenvalue weighted by molar-refractivity contribution is 7.71. The molecule has 78 valence electrons. The maximum Gasteiger partial charge on any atom is 0.177 e. The molecule has 0 amide bonds. The highest BCUT2D eigenvalue weighted by atomic mass is 32.1. The predicted molar refractivity (Wildman–Crippen MR) is 62.3 cm³/mol. The zero-order chi connectivity index (χ0) is 10.7. The Balaban J connectivity index is 2.05. The maximum atomic E-state index is 5.11. The topological polar surface area (TPSA) is 33.6 Å². The highest BCUT2D eigenvalue weighted by Gasteiger charge is 1.97. The molecule has 2 rings (SSSR count). The molecular weight excluding hydrogens is 206 g/mol. The molecule has 2 heterocycles. The lowest BCUT2D eigenvalue weighted by Crippen LogP contribution is -2.01. The second-order valence-corrected chi connectivity index (χ2v) is 3.92. The molecule has 0 aromatic carbocycles. The zero-order valence-corrected chi connectivity index (χ0v) is 9.42. The lowest BCUT2D eigenvalue weighted by atomic mass is 10.2. The summed E-state index contributed by atoms with van der Waals surface area (Å²) in [6, 6.07) is 4.11. The second-order valence-electron chi connectivity index (χ2n) is 3.53. The van der Waals surface area contributed by atoms with Crippen LogP contribution in [-0.4, -0.2) is 14.5 Å². The lowest BCUT2D eigenvalue weighted by Gasteiger charge is -2.02. The van der Waals surface area contributed by atoms with Gasteiger partial charge in [-0.15, -0.1) is 0 Å². The number of hydrogen-bond donors (Lipinski definition) is 1. The van der Waals surface area contributed by atoms with Crippen molar-refractivity contribution in [2.45, 2.75) is 19.9 Å². The third-order valence-electron chi connectivity index (χ3n) is 2.30. The Morgan fingerprint density at radius 3 is 3.07 bits per heavy atom. The molecule has 2 aromatic rings. The minimum absolute atomic E-state index is 0.766. The summed E-state index contributed by atoms with van der Waals surface area (Å²) in [5, 5.41) is 0. The summed E-state index contributed by atoms with van der Waals surface area (Å²) in [7, 11) is 0. The van der Waals surface area contributed by atoms with Crippen molar-refractivity contribution >= 4 is 12.2 Å². The van der Waals surface area contributed by atoms with Crippen LogP contribution in [0.3, 0.4) is 0 Å². The van der Waals surface area contributed by atoms with Gasteiger partial charge in [0.25, 0.3) is 0 Å². The molecule has 1 N–H and O–H groups in total. The summed E-state index contributed by atoms with van der Waals surface area (Å²) < 4.78 is 2.78. The van der Waals surface area contributed by atoms with Crippen molar-refractivity contribution in [2.24, 2.45) is 0 Å². The zero-order valence-electron chi connectivity index (χ0n) is 8.60. The van der Waals surface area contributed by atoms with Crippen molar-refractivity contribution in [3.8, 4) is 0 Å². The Morgan fingerprint density at radius 2 is 2.40 bits per heavy atom. The third-order valence-corrected chi connectivity index (χ3v) is 2.66. The average Bonchev–Trinajstić information content (AvgIpc) is 2.61. The first kappa shape index (κ1) is 10.1. The fraction of sp³-hybridized carbons (Fsp3) is 0.273. The van der Waals surface area contributed by atoms with E-state index in [0.29, 0.717) is 0 Å². The van der Waals surface area contributed by atoms with Gasteiger partial charge in [0.15, 0.2) is 4.77 Å². The van der Waals surface area contributed by atoms with Crippen molar-refractivity contribution in [3.63, 3.8) is 0 Å². The summed E-state index contributed by atoms with van der Waals surface area (Å²) >= 11 is 5.11. The quantitative estimate of drug-likeness (QED) is 0.805. The molecule has 0 aliphatic carbocycles. The van der Waals surface area contributed by atoms with Crippen molar-refractivity contribution in [2.75, 3.05) is 0 Å². The molecule has 3 nitrogen and oxygen atoms in total. The molecule has 0 aliphatic rings. The van der Waals surface area contributed by atoms with Crippen LogP contribution in [0.5, 0.6) is 0 Å². The van der Waals surface area contributed by atoms with Gasteiger partial charge in [-0.05, 0) is 36.8 Å². The molecule has 15 heavy (non-hydrogen) atoms.